The van der Waals surface area contributed by atoms with Crippen LogP contribution in [-0.2, 0) is 6.54 Å². The molecule has 6 heteroatoms. The first kappa shape index (κ1) is 18.9. The Morgan fingerprint density at radius 3 is 2.87 bits per heavy atom. The van der Waals surface area contributed by atoms with Gasteiger partial charge in [0.25, 0.3) is 5.91 Å². The van der Waals surface area contributed by atoms with Crippen molar-refractivity contribution in [2.24, 2.45) is 5.73 Å². The van der Waals surface area contributed by atoms with E-state index >= 15 is 0 Å². The average molecular weight is 402 g/mol. The molecule has 5 rings (SSSR count). The lowest BCUT2D eigenvalue weighted by molar-refractivity contribution is 0.0709. The van der Waals surface area contributed by atoms with Crippen LogP contribution in [0.3, 0.4) is 0 Å². The number of para-hydroxylation sites is 1. The van der Waals surface area contributed by atoms with Crippen molar-refractivity contribution in [1.29, 1.82) is 0 Å². The number of amides is 1. The number of nitrogens with zero attached hydrogens (tertiary/aromatic N) is 4. The standard InChI is InChI=1S/C24H27N5O/c1-3-28-20-9-5-4-7-17(20)13-21(28)23-16(2)29-12-10-18(14-22(29)26-23)24(30)27-11-6-8-19(25)15-27/h4-5,7,9-10,12-14,19H,3,6,8,11,15,25H2,1-2H3/t19-/m1/s1. The highest BCUT2D eigenvalue weighted by Crippen LogP contribution is 2.30. The van der Waals surface area contributed by atoms with Gasteiger partial charge in [0.15, 0.2) is 0 Å². The van der Waals surface area contributed by atoms with Crippen molar-refractivity contribution >= 4 is 22.5 Å². The summed E-state index contributed by atoms with van der Waals surface area (Å²) in [5.74, 6) is 0.0394. The van der Waals surface area contributed by atoms with Crippen molar-refractivity contribution < 1.29 is 4.79 Å². The Morgan fingerprint density at radius 1 is 1.23 bits per heavy atom. The summed E-state index contributed by atoms with van der Waals surface area (Å²) in [5, 5.41) is 1.21. The van der Waals surface area contributed by atoms with Gasteiger partial charge < -0.3 is 19.6 Å². The molecule has 1 aromatic carbocycles. The Bertz CT molecular complexity index is 1250. The van der Waals surface area contributed by atoms with Gasteiger partial charge in [-0.15, -0.1) is 0 Å². The van der Waals surface area contributed by atoms with E-state index in [0.29, 0.717) is 12.1 Å². The molecule has 30 heavy (non-hydrogen) atoms. The molecule has 1 atom stereocenters. The number of rotatable bonds is 3. The van der Waals surface area contributed by atoms with Gasteiger partial charge in [-0.25, -0.2) is 4.98 Å². The number of aromatic nitrogens is 3. The fraction of sp³-hybridized carbons (Fsp3) is 0.333. The summed E-state index contributed by atoms with van der Waals surface area (Å²) < 4.78 is 4.36. The van der Waals surface area contributed by atoms with Crippen LogP contribution in [0.2, 0.25) is 0 Å². The summed E-state index contributed by atoms with van der Waals surface area (Å²) in [5.41, 5.74) is 11.9. The number of fused-ring (bicyclic) bond motifs is 2. The van der Waals surface area contributed by atoms with Gasteiger partial charge in [-0.2, -0.15) is 0 Å². The van der Waals surface area contributed by atoms with E-state index in [1.165, 1.54) is 10.9 Å². The Morgan fingerprint density at radius 2 is 2.07 bits per heavy atom. The van der Waals surface area contributed by atoms with E-state index in [1.807, 2.05) is 23.2 Å². The van der Waals surface area contributed by atoms with Gasteiger partial charge in [0.05, 0.1) is 5.69 Å². The minimum absolute atomic E-state index is 0.0394. The maximum atomic E-state index is 13.0. The average Bonchev–Trinajstić information content (AvgIpc) is 3.30. The minimum Gasteiger partial charge on any atom is -0.339 e. The Labute approximate surface area is 175 Å². The largest absolute Gasteiger partial charge is 0.339 e. The number of nitrogens with two attached hydrogens (primary N) is 1. The van der Waals surface area contributed by atoms with Gasteiger partial charge in [-0.1, -0.05) is 18.2 Å². The van der Waals surface area contributed by atoms with Gasteiger partial charge in [0.2, 0.25) is 0 Å². The van der Waals surface area contributed by atoms with Gasteiger partial charge in [-0.3, -0.25) is 4.79 Å². The van der Waals surface area contributed by atoms with E-state index in [9.17, 15) is 4.79 Å². The molecule has 154 valence electrons. The van der Waals surface area contributed by atoms with Crippen LogP contribution in [0.4, 0.5) is 0 Å². The van der Waals surface area contributed by atoms with Crippen LogP contribution < -0.4 is 5.73 Å². The molecular formula is C24H27N5O. The van der Waals surface area contributed by atoms with E-state index in [4.69, 9.17) is 10.7 Å². The van der Waals surface area contributed by atoms with Crippen molar-refractivity contribution in [3.63, 3.8) is 0 Å². The molecule has 3 aromatic heterocycles. The molecule has 0 unspecified atom stereocenters. The summed E-state index contributed by atoms with van der Waals surface area (Å²) in [4.78, 5) is 19.8. The molecule has 2 N–H and O–H groups in total. The summed E-state index contributed by atoms with van der Waals surface area (Å²) in [6.07, 6.45) is 3.90. The zero-order valence-electron chi connectivity index (χ0n) is 17.5. The number of piperidine rings is 1. The Balaban J connectivity index is 1.57. The Kier molecular flexibility index (Phi) is 4.59. The highest BCUT2D eigenvalue weighted by molar-refractivity contribution is 5.95. The zero-order valence-corrected chi connectivity index (χ0v) is 17.5. The van der Waals surface area contributed by atoms with Gasteiger partial charge >= 0.3 is 0 Å². The highest BCUT2D eigenvalue weighted by atomic mass is 16.2. The number of carbonyl (C=O) groups is 1. The van der Waals surface area contributed by atoms with Crippen LogP contribution in [0.5, 0.6) is 0 Å². The first-order chi connectivity index (χ1) is 14.6. The lowest BCUT2D eigenvalue weighted by Gasteiger charge is -2.30. The lowest BCUT2D eigenvalue weighted by Crippen LogP contribution is -2.45. The van der Waals surface area contributed by atoms with Crippen molar-refractivity contribution in [2.45, 2.75) is 39.3 Å². The van der Waals surface area contributed by atoms with Crippen molar-refractivity contribution in [1.82, 2.24) is 18.9 Å². The van der Waals surface area contributed by atoms with Gasteiger partial charge in [0.1, 0.15) is 11.3 Å². The molecule has 4 aromatic rings. The second kappa shape index (κ2) is 7.29. The first-order valence-corrected chi connectivity index (χ1v) is 10.7. The molecule has 1 amide bonds. The fourth-order valence-electron chi connectivity index (χ4n) is 4.67. The Hall–Kier alpha value is -3.12. The van der Waals surface area contributed by atoms with Crippen molar-refractivity contribution in [3.05, 3.63) is 59.9 Å². The third-order valence-corrected chi connectivity index (χ3v) is 6.23. The van der Waals surface area contributed by atoms with Crippen molar-refractivity contribution in [3.8, 4) is 11.4 Å². The fourth-order valence-corrected chi connectivity index (χ4v) is 4.67. The lowest BCUT2D eigenvalue weighted by atomic mass is 10.1. The number of aryl methyl sites for hydroxylation is 2. The quantitative estimate of drug-likeness (QED) is 0.567. The number of carbonyl (C=O) groups excluding carboxylic acids is 1. The van der Waals surface area contributed by atoms with E-state index in [-0.39, 0.29) is 11.9 Å². The molecule has 0 saturated carbocycles. The second-order valence-corrected chi connectivity index (χ2v) is 8.18. The number of likely N-dealkylation sites (tertiary alicyclic amines) is 1. The molecule has 0 radical (unpaired) electrons. The molecule has 0 bridgehead atoms. The third kappa shape index (κ3) is 2.99. The maximum absolute atomic E-state index is 13.0. The van der Waals surface area contributed by atoms with E-state index in [2.05, 4.69) is 53.1 Å². The molecule has 4 heterocycles. The van der Waals surface area contributed by atoms with Crippen LogP contribution in [0.25, 0.3) is 27.9 Å². The molecule has 6 nitrogen and oxygen atoms in total. The summed E-state index contributed by atoms with van der Waals surface area (Å²) >= 11 is 0. The molecule has 1 saturated heterocycles. The van der Waals surface area contributed by atoms with Gasteiger partial charge in [0, 0.05) is 54.0 Å². The summed E-state index contributed by atoms with van der Waals surface area (Å²) in [6.45, 7) is 6.50. The second-order valence-electron chi connectivity index (χ2n) is 8.18. The third-order valence-electron chi connectivity index (χ3n) is 6.23. The summed E-state index contributed by atoms with van der Waals surface area (Å²) in [6, 6.07) is 14.5. The molecule has 1 aliphatic rings. The number of pyridine rings is 1. The maximum Gasteiger partial charge on any atom is 0.254 e. The van der Waals surface area contributed by atoms with E-state index < -0.39 is 0 Å². The SMILES string of the molecule is CCn1c(-c2nc3cc(C(=O)N4CCC[C@@H](N)C4)ccn3c2C)cc2ccccc21. The first-order valence-electron chi connectivity index (χ1n) is 10.7. The smallest absolute Gasteiger partial charge is 0.254 e. The molecule has 0 aliphatic carbocycles. The van der Waals surface area contributed by atoms with Crippen LogP contribution in [0, 0.1) is 6.92 Å². The van der Waals surface area contributed by atoms with Gasteiger partial charge in [-0.05, 0) is 51.0 Å². The van der Waals surface area contributed by atoms with Crippen LogP contribution in [0.1, 0.15) is 35.8 Å². The molecule has 1 fully saturated rings. The van der Waals surface area contributed by atoms with Crippen LogP contribution >= 0.6 is 0 Å². The number of imidazole rings is 1. The molecule has 0 spiro atoms. The predicted octanol–water partition coefficient (Wildman–Crippen LogP) is 3.85. The normalized spacial score (nSPS) is 17.2. The molecule has 1 aliphatic heterocycles. The monoisotopic (exact) mass is 401 g/mol. The number of benzene rings is 1. The summed E-state index contributed by atoms with van der Waals surface area (Å²) in [7, 11) is 0. The highest BCUT2D eigenvalue weighted by Gasteiger charge is 2.23. The van der Waals surface area contributed by atoms with E-state index in [1.54, 1.807) is 0 Å². The number of hydrogen-bond donors (Lipinski definition) is 1. The van der Waals surface area contributed by atoms with E-state index in [0.717, 1.165) is 48.7 Å². The zero-order chi connectivity index (χ0) is 20.8. The topological polar surface area (TPSA) is 68.6 Å². The molecular weight excluding hydrogens is 374 g/mol. The number of hydrogen-bond acceptors (Lipinski definition) is 3. The predicted molar refractivity (Wildman–Crippen MR) is 120 cm³/mol. The minimum atomic E-state index is 0.0394. The van der Waals surface area contributed by atoms with Crippen LogP contribution in [0.15, 0.2) is 48.7 Å². The van der Waals surface area contributed by atoms with Crippen LogP contribution in [-0.4, -0.2) is 43.9 Å². The van der Waals surface area contributed by atoms with Crippen molar-refractivity contribution in [2.75, 3.05) is 13.1 Å².